The van der Waals surface area contributed by atoms with Gasteiger partial charge in [-0.25, -0.2) is 0 Å². The van der Waals surface area contributed by atoms with E-state index in [1.54, 1.807) is 0 Å². The molecule has 2 rings (SSSR count). The number of anilines is 1. The fourth-order valence-corrected chi connectivity index (χ4v) is 2.61. The van der Waals surface area contributed by atoms with Gasteiger partial charge in [-0.2, -0.15) is 0 Å². The summed E-state index contributed by atoms with van der Waals surface area (Å²) in [5.41, 5.74) is 2.78. The SMILES string of the molecule is CCc1ccc(N2CCNCC2CN(C)C)cc1. The Morgan fingerprint density at radius 2 is 2.00 bits per heavy atom. The van der Waals surface area contributed by atoms with Crippen molar-refractivity contribution in [3.63, 3.8) is 0 Å². The zero-order chi connectivity index (χ0) is 13.0. The molecular formula is C15H25N3. The quantitative estimate of drug-likeness (QED) is 0.871. The van der Waals surface area contributed by atoms with E-state index >= 15 is 0 Å². The summed E-state index contributed by atoms with van der Waals surface area (Å²) >= 11 is 0. The van der Waals surface area contributed by atoms with E-state index < -0.39 is 0 Å². The molecule has 0 amide bonds. The van der Waals surface area contributed by atoms with E-state index in [0.717, 1.165) is 32.6 Å². The average Bonchev–Trinajstić information content (AvgIpc) is 2.39. The standard InChI is InChI=1S/C15H25N3/c1-4-13-5-7-14(8-6-13)18-10-9-16-11-15(18)12-17(2)3/h5-8,15-16H,4,9-12H2,1-3H3. The van der Waals surface area contributed by atoms with Crippen LogP contribution >= 0.6 is 0 Å². The maximum absolute atomic E-state index is 3.49. The molecule has 0 aromatic heterocycles. The molecule has 100 valence electrons. The minimum Gasteiger partial charge on any atom is -0.365 e. The van der Waals surface area contributed by atoms with Crippen molar-refractivity contribution in [3.8, 4) is 0 Å². The van der Waals surface area contributed by atoms with Gasteiger partial charge in [-0.1, -0.05) is 19.1 Å². The highest BCUT2D eigenvalue weighted by Crippen LogP contribution is 2.19. The lowest BCUT2D eigenvalue weighted by atomic mass is 10.1. The van der Waals surface area contributed by atoms with Crippen LogP contribution in [0.4, 0.5) is 5.69 Å². The number of aryl methyl sites for hydroxylation is 1. The number of rotatable bonds is 4. The molecule has 1 unspecified atom stereocenters. The van der Waals surface area contributed by atoms with Crippen LogP contribution in [0.25, 0.3) is 0 Å². The van der Waals surface area contributed by atoms with Crippen LogP contribution in [0.5, 0.6) is 0 Å². The summed E-state index contributed by atoms with van der Waals surface area (Å²) in [5, 5.41) is 3.49. The second-order valence-electron chi connectivity index (χ2n) is 5.33. The van der Waals surface area contributed by atoms with Gasteiger partial charge < -0.3 is 15.1 Å². The molecule has 0 saturated carbocycles. The van der Waals surface area contributed by atoms with Crippen molar-refractivity contribution in [1.82, 2.24) is 10.2 Å². The zero-order valence-corrected chi connectivity index (χ0v) is 11.8. The minimum absolute atomic E-state index is 0.571. The molecule has 1 saturated heterocycles. The van der Waals surface area contributed by atoms with Crippen molar-refractivity contribution in [3.05, 3.63) is 29.8 Å². The Morgan fingerprint density at radius 1 is 1.28 bits per heavy atom. The lowest BCUT2D eigenvalue weighted by Crippen LogP contribution is -2.55. The molecule has 1 aliphatic heterocycles. The molecule has 1 heterocycles. The van der Waals surface area contributed by atoms with E-state index in [1.165, 1.54) is 11.3 Å². The number of hydrogen-bond donors (Lipinski definition) is 1. The van der Waals surface area contributed by atoms with Gasteiger partial charge in [0.2, 0.25) is 0 Å². The highest BCUT2D eigenvalue weighted by molar-refractivity contribution is 5.49. The van der Waals surface area contributed by atoms with E-state index in [0.29, 0.717) is 6.04 Å². The second kappa shape index (κ2) is 6.21. The summed E-state index contributed by atoms with van der Waals surface area (Å²) in [6.45, 7) is 6.56. The lowest BCUT2D eigenvalue weighted by Gasteiger charge is -2.39. The molecule has 0 aliphatic carbocycles. The van der Waals surface area contributed by atoms with E-state index in [9.17, 15) is 0 Å². The molecule has 0 radical (unpaired) electrons. The highest BCUT2D eigenvalue weighted by atomic mass is 15.3. The summed E-state index contributed by atoms with van der Waals surface area (Å²) < 4.78 is 0. The second-order valence-corrected chi connectivity index (χ2v) is 5.33. The van der Waals surface area contributed by atoms with Crippen LogP contribution in [0, 0.1) is 0 Å². The molecule has 0 spiro atoms. The largest absolute Gasteiger partial charge is 0.365 e. The van der Waals surface area contributed by atoms with E-state index in [-0.39, 0.29) is 0 Å². The third-order valence-corrected chi connectivity index (χ3v) is 3.60. The van der Waals surface area contributed by atoms with Crippen molar-refractivity contribution in [2.24, 2.45) is 0 Å². The summed E-state index contributed by atoms with van der Waals surface area (Å²) in [6.07, 6.45) is 1.11. The normalized spacial score (nSPS) is 20.4. The topological polar surface area (TPSA) is 18.5 Å². The Hall–Kier alpha value is -1.06. The van der Waals surface area contributed by atoms with Crippen LogP contribution < -0.4 is 10.2 Å². The molecule has 1 aromatic rings. The first-order chi connectivity index (χ1) is 8.70. The van der Waals surface area contributed by atoms with Gasteiger partial charge in [0, 0.05) is 31.9 Å². The first-order valence-corrected chi connectivity index (χ1v) is 6.91. The molecule has 3 nitrogen and oxygen atoms in total. The fourth-order valence-electron chi connectivity index (χ4n) is 2.61. The lowest BCUT2D eigenvalue weighted by molar-refractivity contribution is 0.337. The van der Waals surface area contributed by atoms with Crippen LogP contribution in [0.15, 0.2) is 24.3 Å². The smallest absolute Gasteiger partial charge is 0.0541 e. The van der Waals surface area contributed by atoms with Gasteiger partial charge in [0.15, 0.2) is 0 Å². The van der Waals surface area contributed by atoms with Crippen LogP contribution in [-0.2, 0) is 6.42 Å². The van der Waals surface area contributed by atoms with Crippen molar-refractivity contribution >= 4 is 5.69 Å². The van der Waals surface area contributed by atoms with Crippen molar-refractivity contribution in [2.75, 3.05) is 45.2 Å². The maximum atomic E-state index is 3.49. The van der Waals surface area contributed by atoms with Gasteiger partial charge in [0.25, 0.3) is 0 Å². The van der Waals surface area contributed by atoms with Gasteiger partial charge in [0.1, 0.15) is 0 Å². The Labute approximate surface area is 111 Å². The predicted molar refractivity (Wildman–Crippen MR) is 78.4 cm³/mol. The van der Waals surface area contributed by atoms with Gasteiger partial charge in [-0.3, -0.25) is 0 Å². The minimum atomic E-state index is 0.571. The summed E-state index contributed by atoms with van der Waals surface area (Å²) in [7, 11) is 4.29. The first-order valence-electron chi connectivity index (χ1n) is 6.91. The zero-order valence-electron chi connectivity index (χ0n) is 11.8. The average molecular weight is 247 g/mol. The van der Waals surface area contributed by atoms with Crippen molar-refractivity contribution < 1.29 is 0 Å². The van der Waals surface area contributed by atoms with Crippen LogP contribution in [0.2, 0.25) is 0 Å². The number of nitrogens with zero attached hydrogens (tertiary/aromatic N) is 2. The first kappa shape index (κ1) is 13.4. The molecule has 3 heteroatoms. The number of benzene rings is 1. The van der Waals surface area contributed by atoms with Crippen molar-refractivity contribution in [1.29, 1.82) is 0 Å². The molecule has 18 heavy (non-hydrogen) atoms. The highest BCUT2D eigenvalue weighted by Gasteiger charge is 2.22. The summed E-state index contributed by atoms with van der Waals surface area (Å²) in [6, 6.07) is 9.62. The van der Waals surface area contributed by atoms with E-state index in [2.05, 4.69) is 60.4 Å². The van der Waals surface area contributed by atoms with Crippen LogP contribution in [0.3, 0.4) is 0 Å². The molecule has 1 atom stereocenters. The Morgan fingerprint density at radius 3 is 2.61 bits per heavy atom. The molecule has 1 N–H and O–H groups in total. The number of hydrogen-bond acceptors (Lipinski definition) is 3. The maximum Gasteiger partial charge on any atom is 0.0541 e. The van der Waals surface area contributed by atoms with Gasteiger partial charge in [-0.05, 0) is 38.2 Å². The van der Waals surface area contributed by atoms with Crippen LogP contribution in [-0.4, -0.2) is 51.2 Å². The Balaban J connectivity index is 2.11. The van der Waals surface area contributed by atoms with E-state index in [4.69, 9.17) is 0 Å². The number of likely N-dealkylation sites (N-methyl/N-ethyl adjacent to an activating group) is 1. The van der Waals surface area contributed by atoms with Crippen molar-refractivity contribution in [2.45, 2.75) is 19.4 Å². The fraction of sp³-hybridized carbons (Fsp3) is 0.600. The van der Waals surface area contributed by atoms with Gasteiger partial charge >= 0.3 is 0 Å². The molecule has 1 aliphatic rings. The monoisotopic (exact) mass is 247 g/mol. The number of nitrogens with one attached hydrogen (secondary N) is 1. The molecule has 1 aromatic carbocycles. The predicted octanol–water partition coefficient (Wildman–Crippen LogP) is 1.59. The molecule has 1 fully saturated rings. The Kier molecular flexibility index (Phi) is 4.61. The third kappa shape index (κ3) is 3.24. The molecule has 0 bridgehead atoms. The van der Waals surface area contributed by atoms with E-state index in [1.807, 2.05) is 0 Å². The van der Waals surface area contributed by atoms with Gasteiger partial charge in [-0.15, -0.1) is 0 Å². The molecular weight excluding hydrogens is 222 g/mol. The summed E-state index contributed by atoms with van der Waals surface area (Å²) in [5.74, 6) is 0. The number of piperazine rings is 1. The summed E-state index contributed by atoms with van der Waals surface area (Å²) in [4.78, 5) is 4.81. The van der Waals surface area contributed by atoms with Crippen LogP contribution in [0.1, 0.15) is 12.5 Å². The third-order valence-electron chi connectivity index (χ3n) is 3.60. The Bertz CT molecular complexity index is 359. The van der Waals surface area contributed by atoms with Gasteiger partial charge in [0.05, 0.1) is 6.04 Å².